The number of hydrogen-bond acceptors (Lipinski definition) is 10. The fourth-order valence-electron chi connectivity index (χ4n) is 4.99. The Bertz CT molecular complexity index is 2060. The summed E-state index contributed by atoms with van der Waals surface area (Å²) in [5.74, 6) is -0.471. The molecule has 6 rings (SSSR count). The molecule has 4 N–H and O–H groups in total. The van der Waals surface area contributed by atoms with Crippen molar-refractivity contribution in [1.29, 1.82) is 0 Å². The minimum absolute atomic E-state index is 0.0416. The number of para-hydroxylation sites is 2. The highest BCUT2D eigenvalue weighted by atomic mass is 16.4. The molecule has 2 heterocycles. The number of rotatable bonds is 8. The average molecular weight is 601 g/mol. The van der Waals surface area contributed by atoms with Crippen molar-refractivity contribution >= 4 is 44.7 Å². The quantitative estimate of drug-likeness (QED) is 0.0870. The molecular formula is C35H28N4O6. The van der Waals surface area contributed by atoms with Crippen LogP contribution in [-0.2, 0) is 6.42 Å². The predicted molar refractivity (Wildman–Crippen MR) is 176 cm³/mol. The lowest BCUT2D eigenvalue weighted by Gasteiger charge is -2.10. The maximum absolute atomic E-state index is 12.7. The van der Waals surface area contributed by atoms with Crippen LogP contribution < -0.4 is 22.1 Å². The van der Waals surface area contributed by atoms with Crippen LogP contribution in [0.2, 0.25) is 0 Å². The number of nitrogens with one attached hydrogen (secondary N) is 2. The first-order chi connectivity index (χ1) is 21.8. The van der Waals surface area contributed by atoms with Gasteiger partial charge in [0.15, 0.2) is 0 Å². The molecule has 0 amide bonds. The lowest BCUT2D eigenvalue weighted by molar-refractivity contribution is 0.465. The van der Waals surface area contributed by atoms with Crippen molar-refractivity contribution in [3.05, 3.63) is 140 Å². The number of aromatic hydroxyl groups is 2. The number of fused-ring (bicyclic) bond motifs is 2. The molecule has 10 heteroatoms. The second-order valence-electron chi connectivity index (χ2n) is 10.4. The third-order valence-electron chi connectivity index (χ3n) is 7.27. The van der Waals surface area contributed by atoms with E-state index < -0.39 is 11.3 Å². The summed E-state index contributed by atoms with van der Waals surface area (Å²) in [7, 11) is 0. The standard InChI is InChI=1S/C35H28N4O6/c1-20(36-38-24-9-5-3-6-10-24)30-32(40)26-18-22(13-15-28(26)44-34(30)42)17-23-14-16-29-27(19-23)33(41)31(35(43)45-29)21(2)37-39-25-11-7-4-8-12-25/h3-16,18-19,38-41H,17H2,1-2H3/b36-20+,37-21+. The summed E-state index contributed by atoms with van der Waals surface area (Å²) in [5, 5.41) is 31.5. The fraction of sp³-hybridized carbons (Fsp3) is 0.0857. The summed E-state index contributed by atoms with van der Waals surface area (Å²) in [4.78, 5) is 25.5. The lowest BCUT2D eigenvalue weighted by atomic mass is 9.99. The van der Waals surface area contributed by atoms with Gasteiger partial charge in [-0.2, -0.15) is 10.2 Å². The third-order valence-corrected chi connectivity index (χ3v) is 7.27. The molecule has 224 valence electrons. The third kappa shape index (κ3) is 6.02. The van der Waals surface area contributed by atoms with Crippen LogP contribution in [0.1, 0.15) is 36.1 Å². The molecule has 0 fully saturated rings. The molecule has 0 bridgehead atoms. The van der Waals surface area contributed by atoms with Crippen molar-refractivity contribution in [2.45, 2.75) is 20.3 Å². The van der Waals surface area contributed by atoms with Crippen molar-refractivity contribution in [2.75, 3.05) is 10.9 Å². The van der Waals surface area contributed by atoms with Crippen molar-refractivity contribution in [3.63, 3.8) is 0 Å². The number of hydrogen-bond donors (Lipinski definition) is 4. The van der Waals surface area contributed by atoms with Crippen LogP contribution in [0.3, 0.4) is 0 Å². The number of nitrogens with zero attached hydrogens (tertiary/aromatic N) is 2. The summed E-state index contributed by atoms with van der Waals surface area (Å²) in [6, 6.07) is 28.7. The van der Waals surface area contributed by atoms with Gasteiger partial charge in [0.2, 0.25) is 0 Å². The van der Waals surface area contributed by atoms with Crippen LogP contribution in [0.15, 0.2) is 126 Å². The van der Waals surface area contributed by atoms with Gasteiger partial charge in [-0.15, -0.1) is 0 Å². The van der Waals surface area contributed by atoms with Gasteiger partial charge >= 0.3 is 11.3 Å². The summed E-state index contributed by atoms with van der Waals surface area (Å²) >= 11 is 0. The minimum atomic E-state index is -0.705. The molecule has 0 radical (unpaired) electrons. The highest BCUT2D eigenvalue weighted by molar-refractivity contribution is 6.05. The maximum atomic E-state index is 12.7. The van der Waals surface area contributed by atoms with Gasteiger partial charge in [0.05, 0.1) is 33.6 Å². The first kappa shape index (κ1) is 28.9. The van der Waals surface area contributed by atoms with Crippen LogP contribution >= 0.6 is 0 Å². The Morgan fingerprint density at radius 1 is 0.622 bits per heavy atom. The molecule has 2 aromatic heterocycles. The van der Waals surface area contributed by atoms with Gasteiger partial charge in [-0.05, 0) is 79.9 Å². The molecule has 0 spiro atoms. The molecular weight excluding hydrogens is 572 g/mol. The molecule has 0 aliphatic carbocycles. The lowest BCUT2D eigenvalue weighted by Crippen LogP contribution is -2.14. The second kappa shape index (κ2) is 12.2. The van der Waals surface area contributed by atoms with Crippen LogP contribution in [0.4, 0.5) is 11.4 Å². The van der Waals surface area contributed by atoms with Crippen molar-refractivity contribution in [1.82, 2.24) is 0 Å². The zero-order valence-corrected chi connectivity index (χ0v) is 24.4. The predicted octanol–water partition coefficient (Wildman–Crippen LogP) is 6.57. The highest BCUT2D eigenvalue weighted by Crippen LogP contribution is 2.31. The Morgan fingerprint density at radius 2 is 1.02 bits per heavy atom. The Hall–Kier alpha value is -6.16. The maximum Gasteiger partial charge on any atom is 0.349 e. The van der Waals surface area contributed by atoms with Gasteiger partial charge < -0.3 is 19.0 Å². The van der Waals surface area contributed by atoms with Crippen LogP contribution in [0.25, 0.3) is 21.9 Å². The van der Waals surface area contributed by atoms with Crippen LogP contribution in [0.5, 0.6) is 11.5 Å². The summed E-state index contributed by atoms with van der Waals surface area (Å²) in [5.41, 5.74) is 8.30. The number of hydrazone groups is 2. The smallest absolute Gasteiger partial charge is 0.349 e. The molecule has 0 aliphatic rings. The van der Waals surface area contributed by atoms with E-state index in [0.717, 1.165) is 22.5 Å². The Labute approximate surface area is 256 Å². The molecule has 0 unspecified atom stereocenters. The van der Waals surface area contributed by atoms with E-state index in [4.69, 9.17) is 8.83 Å². The largest absolute Gasteiger partial charge is 0.506 e. The van der Waals surface area contributed by atoms with E-state index >= 15 is 0 Å². The minimum Gasteiger partial charge on any atom is -0.506 e. The van der Waals surface area contributed by atoms with E-state index in [1.807, 2.05) is 60.7 Å². The zero-order chi connectivity index (χ0) is 31.5. The van der Waals surface area contributed by atoms with E-state index in [9.17, 15) is 19.8 Å². The number of benzene rings is 4. The molecule has 10 nitrogen and oxygen atoms in total. The summed E-state index contributed by atoms with van der Waals surface area (Å²) < 4.78 is 11.0. The first-order valence-corrected chi connectivity index (χ1v) is 14.1. The molecule has 0 saturated heterocycles. The van der Waals surface area contributed by atoms with E-state index in [2.05, 4.69) is 21.1 Å². The Morgan fingerprint density at radius 3 is 1.42 bits per heavy atom. The fourth-order valence-corrected chi connectivity index (χ4v) is 4.99. The van der Waals surface area contributed by atoms with Gasteiger partial charge in [0.25, 0.3) is 0 Å². The zero-order valence-electron chi connectivity index (χ0n) is 24.4. The molecule has 4 aromatic carbocycles. The van der Waals surface area contributed by atoms with Gasteiger partial charge in [0.1, 0.15) is 33.8 Å². The summed E-state index contributed by atoms with van der Waals surface area (Å²) in [6.45, 7) is 3.21. The molecule has 45 heavy (non-hydrogen) atoms. The molecule has 6 aromatic rings. The molecule has 0 aliphatic heterocycles. The van der Waals surface area contributed by atoms with Crippen molar-refractivity contribution < 1.29 is 19.0 Å². The monoisotopic (exact) mass is 600 g/mol. The highest BCUT2D eigenvalue weighted by Gasteiger charge is 2.19. The van der Waals surface area contributed by atoms with Crippen LogP contribution in [-0.4, -0.2) is 21.6 Å². The molecule has 0 atom stereocenters. The SMILES string of the molecule is C/C(=N\Nc1ccccc1)c1c(O)c2cc(Cc3ccc4oc(=O)c(/C(C)=N/Nc5ccccc5)c(O)c4c3)ccc2oc1=O. The van der Waals surface area contributed by atoms with Gasteiger partial charge in [-0.1, -0.05) is 48.5 Å². The average Bonchev–Trinajstić information content (AvgIpc) is 3.04. The van der Waals surface area contributed by atoms with Gasteiger partial charge in [-0.25, -0.2) is 9.59 Å². The van der Waals surface area contributed by atoms with E-state index in [1.165, 1.54) is 0 Å². The van der Waals surface area contributed by atoms with Crippen molar-refractivity contribution in [2.24, 2.45) is 10.2 Å². The molecule has 0 saturated carbocycles. The van der Waals surface area contributed by atoms with Crippen molar-refractivity contribution in [3.8, 4) is 11.5 Å². The van der Waals surface area contributed by atoms with E-state index in [-0.39, 0.29) is 45.2 Å². The Balaban J connectivity index is 1.31. The van der Waals surface area contributed by atoms with E-state index in [1.54, 1.807) is 50.2 Å². The van der Waals surface area contributed by atoms with Crippen LogP contribution in [0, 0.1) is 0 Å². The van der Waals surface area contributed by atoms with E-state index in [0.29, 0.717) is 17.2 Å². The normalized spacial score (nSPS) is 12.0. The topological polar surface area (TPSA) is 150 Å². The first-order valence-electron chi connectivity index (χ1n) is 14.1. The van der Waals surface area contributed by atoms with Gasteiger partial charge in [0, 0.05) is 0 Å². The van der Waals surface area contributed by atoms with Gasteiger partial charge in [-0.3, -0.25) is 10.9 Å². The Kier molecular flexibility index (Phi) is 7.85. The number of anilines is 2. The summed E-state index contributed by atoms with van der Waals surface area (Å²) in [6.07, 6.45) is 0.402. The second-order valence-corrected chi connectivity index (χ2v) is 10.4.